The second kappa shape index (κ2) is 6.66. The molecule has 0 atom stereocenters. The third-order valence-electron chi connectivity index (χ3n) is 3.43. The average Bonchev–Trinajstić information content (AvgIpc) is 3.18. The van der Waals surface area contributed by atoms with Gasteiger partial charge in [-0.1, -0.05) is 19.6 Å². The Hall–Kier alpha value is -2.60. The molecule has 1 aromatic carbocycles. The summed E-state index contributed by atoms with van der Waals surface area (Å²) < 4.78 is 22.6. The number of fused-ring (bicyclic) bond motifs is 2. The first-order valence-corrected chi connectivity index (χ1v) is 8.59. The van der Waals surface area contributed by atoms with Gasteiger partial charge in [-0.2, -0.15) is 0 Å². The van der Waals surface area contributed by atoms with Crippen LogP contribution in [0.5, 0.6) is 0 Å². The zero-order valence-electron chi connectivity index (χ0n) is 12.7. The molecule has 0 saturated carbocycles. The number of nitrogens with one attached hydrogen (secondary N) is 1. The second-order valence-electron chi connectivity index (χ2n) is 4.95. The van der Waals surface area contributed by atoms with Gasteiger partial charge in [0.1, 0.15) is 0 Å². The van der Waals surface area contributed by atoms with Crippen molar-refractivity contribution in [3.8, 4) is 0 Å². The molecule has 0 aliphatic heterocycles. The van der Waals surface area contributed by atoms with Crippen molar-refractivity contribution in [1.82, 2.24) is 4.98 Å². The predicted molar refractivity (Wildman–Crippen MR) is 91.2 cm³/mol. The summed E-state index contributed by atoms with van der Waals surface area (Å²) in [4.78, 5) is 14.0. The third kappa shape index (κ3) is 3.78. The van der Waals surface area contributed by atoms with Crippen molar-refractivity contribution in [2.45, 2.75) is 18.2 Å². The van der Waals surface area contributed by atoms with Crippen LogP contribution in [0.25, 0.3) is 11.0 Å². The van der Waals surface area contributed by atoms with Crippen LogP contribution in [0.4, 0.5) is 0 Å². The summed E-state index contributed by atoms with van der Waals surface area (Å²) in [6.07, 6.45) is 1.14. The number of hydrogen-bond donors (Lipinski definition) is 2. The van der Waals surface area contributed by atoms with Gasteiger partial charge in [0.15, 0.2) is 9.84 Å². The summed E-state index contributed by atoms with van der Waals surface area (Å²) in [5.74, 6) is -0.661. The molecule has 2 aromatic heterocycles. The molecule has 0 unspecified atom stereocenters. The van der Waals surface area contributed by atoms with E-state index >= 15 is 0 Å². The van der Waals surface area contributed by atoms with E-state index in [4.69, 9.17) is 5.73 Å². The maximum atomic E-state index is 11.3. The van der Waals surface area contributed by atoms with Crippen molar-refractivity contribution in [2.75, 3.05) is 0 Å². The van der Waals surface area contributed by atoms with E-state index in [0.717, 1.165) is 11.8 Å². The molecule has 3 rings (SSSR count). The Bertz CT molecular complexity index is 926. The molecule has 0 aliphatic rings. The van der Waals surface area contributed by atoms with Crippen LogP contribution >= 0.6 is 0 Å². The topological polar surface area (TPSA) is 93.0 Å². The molecule has 0 saturated heterocycles. The van der Waals surface area contributed by atoms with E-state index in [9.17, 15) is 13.2 Å². The lowest BCUT2D eigenvalue weighted by Crippen LogP contribution is -2.11. The Labute approximate surface area is 135 Å². The summed E-state index contributed by atoms with van der Waals surface area (Å²) in [7, 11) is -3.50. The van der Waals surface area contributed by atoms with Gasteiger partial charge >= 0.3 is 0 Å². The predicted octanol–water partition coefficient (Wildman–Crippen LogP) is 2.87. The molecule has 3 N–H and O–H groups in total. The van der Waals surface area contributed by atoms with E-state index in [2.05, 4.69) is 36.7 Å². The highest BCUT2D eigenvalue weighted by molar-refractivity contribution is 7.94. The fraction of sp³-hybridized carbons (Fsp3) is 0.118. The third-order valence-corrected chi connectivity index (χ3v) is 4.78. The number of aromatic nitrogens is 1. The Morgan fingerprint density at radius 1 is 1.26 bits per heavy atom. The zero-order valence-corrected chi connectivity index (χ0v) is 13.6. The number of amides is 1. The monoisotopic (exact) mass is 330 g/mol. The normalized spacial score (nSPS) is 11.0. The maximum absolute atomic E-state index is 11.3. The highest BCUT2D eigenvalue weighted by Crippen LogP contribution is 2.17. The molecule has 23 heavy (non-hydrogen) atoms. The van der Waals surface area contributed by atoms with Gasteiger partial charge in [0.25, 0.3) is 0 Å². The Morgan fingerprint density at radius 3 is 2.43 bits per heavy atom. The summed E-state index contributed by atoms with van der Waals surface area (Å²) in [5, 5.41) is 0.826. The number of H-pyrrole nitrogens is 1. The molecule has 0 radical (unpaired) electrons. The number of aryl methyl sites for hydroxylation is 1. The van der Waals surface area contributed by atoms with E-state index in [0.29, 0.717) is 0 Å². The number of benzene rings is 2. The van der Waals surface area contributed by atoms with Crippen molar-refractivity contribution in [3.05, 3.63) is 65.6 Å². The van der Waals surface area contributed by atoms with E-state index in [1.807, 2.05) is 0 Å². The highest BCUT2D eigenvalue weighted by Gasteiger charge is 2.11. The SMILES string of the molecule is C=CS(=O)(=O)c1cccc(C(N)=O)c1.CCc1cc2ccc1[nH]2. The van der Waals surface area contributed by atoms with Crippen LogP contribution in [0.15, 0.2) is 59.3 Å². The number of sulfone groups is 1. The number of aromatic amines is 1. The van der Waals surface area contributed by atoms with Crippen LogP contribution in [0, 0.1) is 0 Å². The minimum Gasteiger partial charge on any atom is -0.366 e. The lowest BCUT2D eigenvalue weighted by Gasteiger charge is -2.00. The number of rotatable bonds is 4. The van der Waals surface area contributed by atoms with Gasteiger partial charge in [-0.15, -0.1) is 0 Å². The van der Waals surface area contributed by atoms with Gasteiger partial charge in [0.2, 0.25) is 5.91 Å². The first-order valence-electron chi connectivity index (χ1n) is 7.04. The lowest BCUT2D eigenvalue weighted by atomic mass is 10.2. The smallest absolute Gasteiger partial charge is 0.248 e. The van der Waals surface area contributed by atoms with E-state index in [1.54, 1.807) is 0 Å². The van der Waals surface area contributed by atoms with Crippen LogP contribution in [0.2, 0.25) is 0 Å². The molecule has 6 heteroatoms. The fourth-order valence-electron chi connectivity index (χ4n) is 2.16. The van der Waals surface area contributed by atoms with Crippen LogP contribution in [-0.2, 0) is 16.3 Å². The molecule has 3 aromatic rings. The van der Waals surface area contributed by atoms with Gasteiger partial charge < -0.3 is 10.7 Å². The van der Waals surface area contributed by atoms with E-state index < -0.39 is 15.7 Å². The first kappa shape index (κ1) is 16.8. The Morgan fingerprint density at radius 2 is 2.00 bits per heavy atom. The highest BCUT2D eigenvalue weighted by atomic mass is 32.2. The largest absolute Gasteiger partial charge is 0.366 e. The Kier molecular flexibility index (Phi) is 4.86. The Balaban J connectivity index is 0.000000182. The molecule has 0 aliphatic carbocycles. The molecule has 5 nitrogen and oxygen atoms in total. The van der Waals surface area contributed by atoms with Gasteiger partial charge in [0.05, 0.1) is 4.90 Å². The van der Waals surface area contributed by atoms with E-state index in [-0.39, 0.29) is 10.5 Å². The zero-order chi connectivity index (χ0) is 17.0. The lowest BCUT2D eigenvalue weighted by molar-refractivity contribution is 0.1000. The van der Waals surface area contributed by atoms with Crippen LogP contribution in [-0.4, -0.2) is 19.3 Å². The number of carbonyl (C=O) groups is 1. The number of nitrogens with two attached hydrogens (primary N) is 1. The molecule has 2 bridgehead atoms. The van der Waals surface area contributed by atoms with Gasteiger partial charge in [-0.05, 0) is 48.4 Å². The minimum atomic E-state index is -3.50. The summed E-state index contributed by atoms with van der Waals surface area (Å²) >= 11 is 0. The van der Waals surface area contributed by atoms with E-state index in [1.165, 1.54) is 40.9 Å². The van der Waals surface area contributed by atoms with Crippen LogP contribution < -0.4 is 5.73 Å². The molecular weight excluding hydrogens is 312 g/mol. The minimum absolute atomic E-state index is 0.0174. The number of primary amides is 1. The van der Waals surface area contributed by atoms with Crippen molar-refractivity contribution >= 4 is 26.8 Å². The van der Waals surface area contributed by atoms with Gasteiger partial charge in [-0.25, -0.2) is 8.42 Å². The molecule has 2 heterocycles. The van der Waals surface area contributed by atoms with Crippen molar-refractivity contribution < 1.29 is 13.2 Å². The van der Waals surface area contributed by atoms with Crippen molar-refractivity contribution in [2.24, 2.45) is 5.73 Å². The summed E-state index contributed by atoms with van der Waals surface area (Å²) in [6.45, 7) is 5.36. The standard InChI is InChI=1S/C9H9NO3S.C8H9N/c1-2-14(12,13)8-5-3-4-7(6-8)9(10)11;1-2-6-5-7-3-4-8(6)9-7/h2-6H,1H2,(H2,10,11);3-5,9H,2H2,1H3. The fourth-order valence-corrected chi connectivity index (χ4v) is 2.92. The summed E-state index contributed by atoms with van der Waals surface area (Å²) in [5.41, 5.74) is 9.16. The first-order chi connectivity index (χ1) is 10.9. The quantitative estimate of drug-likeness (QED) is 0.770. The van der Waals surface area contributed by atoms with Crippen LogP contribution in [0.3, 0.4) is 0 Å². The number of hydrogen-bond acceptors (Lipinski definition) is 3. The molecule has 0 spiro atoms. The summed E-state index contributed by atoms with van der Waals surface area (Å²) in [6, 6.07) is 11.9. The number of carbonyl (C=O) groups excluding carboxylic acids is 1. The average molecular weight is 330 g/mol. The molecule has 120 valence electrons. The molecular formula is C17H18N2O3S. The van der Waals surface area contributed by atoms with Gasteiger partial charge in [-0.3, -0.25) is 4.79 Å². The maximum Gasteiger partial charge on any atom is 0.248 e. The molecule has 1 amide bonds. The second-order valence-corrected chi connectivity index (χ2v) is 6.85. The van der Waals surface area contributed by atoms with Crippen LogP contribution in [0.1, 0.15) is 22.8 Å². The van der Waals surface area contributed by atoms with Gasteiger partial charge in [0, 0.05) is 22.0 Å². The van der Waals surface area contributed by atoms with Crippen molar-refractivity contribution in [1.29, 1.82) is 0 Å². The van der Waals surface area contributed by atoms with Crippen molar-refractivity contribution in [3.63, 3.8) is 0 Å². The molecule has 0 fully saturated rings.